The van der Waals surface area contributed by atoms with Crippen LogP contribution in [0.15, 0.2) is 35.9 Å². The average Bonchev–Trinajstić information content (AvgIpc) is 2.35. The molecule has 1 aromatic rings. The molecule has 0 bridgehead atoms. The smallest absolute Gasteiger partial charge is 0.331 e. The van der Waals surface area contributed by atoms with Gasteiger partial charge < -0.3 is 10.1 Å². The number of hydrogen-bond acceptors (Lipinski definition) is 4. The summed E-state index contributed by atoms with van der Waals surface area (Å²) < 4.78 is 4.83. The molecule has 0 aliphatic carbocycles. The van der Waals surface area contributed by atoms with Crippen molar-refractivity contribution in [2.24, 2.45) is 0 Å². The molecular formula is C14H15NO3. The lowest BCUT2D eigenvalue weighted by Crippen LogP contribution is -2.30. The van der Waals surface area contributed by atoms with Crippen LogP contribution in [0.4, 0.5) is 5.69 Å². The summed E-state index contributed by atoms with van der Waals surface area (Å²) in [6.45, 7) is 3.88. The van der Waals surface area contributed by atoms with Crippen molar-refractivity contribution < 1.29 is 14.3 Å². The van der Waals surface area contributed by atoms with Gasteiger partial charge in [-0.1, -0.05) is 12.1 Å². The quantitative estimate of drug-likeness (QED) is 0.641. The number of carbonyl (C=O) groups excluding carboxylic acids is 2. The van der Waals surface area contributed by atoms with Crippen molar-refractivity contribution in [1.29, 1.82) is 0 Å². The van der Waals surface area contributed by atoms with Gasteiger partial charge in [-0.05, 0) is 26.0 Å². The summed E-state index contributed by atoms with van der Waals surface area (Å²) in [6, 6.07) is 7.07. The van der Waals surface area contributed by atoms with E-state index in [0.29, 0.717) is 17.7 Å². The molecule has 1 aromatic carbocycles. The minimum absolute atomic E-state index is 0.120. The summed E-state index contributed by atoms with van der Waals surface area (Å²) in [4.78, 5) is 23.7. The Kier molecular flexibility index (Phi) is 3.46. The van der Waals surface area contributed by atoms with Crippen molar-refractivity contribution in [3.05, 3.63) is 41.5 Å². The third kappa shape index (κ3) is 2.27. The summed E-state index contributed by atoms with van der Waals surface area (Å²) >= 11 is 0. The molecule has 1 N–H and O–H groups in total. The molecule has 1 aliphatic heterocycles. The number of ether oxygens (including phenoxy) is 1. The predicted molar refractivity (Wildman–Crippen MR) is 68.6 cm³/mol. The number of carbonyl (C=O) groups is 2. The van der Waals surface area contributed by atoms with Crippen LogP contribution in [0.25, 0.3) is 0 Å². The zero-order valence-electron chi connectivity index (χ0n) is 10.4. The molecule has 1 atom stereocenters. The normalized spacial score (nSPS) is 20.2. The minimum Gasteiger partial charge on any atom is -0.463 e. The van der Waals surface area contributed by atoms with E-state index in [0.717, 1.165) is 5.69 Å². The number of esters is 1. The van der Waals surface area contributed by atoms with E-state index >= 15 is 0 Å². The lowest BCUT2D eigenvalue weighted by atomic mass is 9.92. The molecule has 0 aromatic heterocycles. The first kappa shape index (κ1) is 12.4. The number of para-hydroxylation sites is 1. The van der Waals surface area contributed by atoms with E-state index in [1.54, 1.807) is 19.1 Å². The van der Waals surface area contributed by atoms with Crippen LogP contribution in [0, 0.1) is 0 Å². The molecule has 18 heavy (non-hydrogen) atoms. The largest absolute Gasteiger partial charge is 0.463 e. The van der Waals surface area contributed by atoms with Crippen LogP contribution < -0.4 is 5.32 Å². The second kappa shape index (κ2) is 5.04. The minimum atomic E-state index is -0.478. The standard InChI is InChI=1S/C14H15NO3/c1-3-18-13(16)8-11-9(2)15-12-7-5-4-6-10(12)14(11)17/h4-9,15H,3H2,1-2H3/b11-8+. The molecular weight excluding hydrogens is 230 g/mol. The first-order chi connectivity index (χ1) is 8.63. The maximum Gasteiger partial charge on any atom is 0.331 e. The Morgan fingerprint density at radius 2 is 2.17 bits per heavy atom. The third-order valence-electron chi connectivity index (χ3n) is 2.83. The molecule has 0 radical (unpaired) electrons. The van der Waals surface area contributed by atoms with Gasteiger partial charge in [0.05, 0.1) is 12.6 Å². The van der Waals surface area contributed by atoms with Crippen LogP contribution in [0.2, 0.25) is 0 Å². The van der Waals surface area contributed by atoms with Crippen molar-refractivity contribution in [3.8, 4) is 0 Å². The number of anilines is 1. The van der Waals surface area contributed by atoms with E-state index in [1.165, 1.54) is 6.08 Å². The maximum atomic E-state index is 12.3. The van der Waals surface area contributed by atoms with Crippen molar-refractivity contribution in [2.75, 3.05) is 11.9 Å². The first-order valence-electron chi connectivity index (χ1n) is 5.92. The highest BCUT2D eigenvalue weighted by Crippen LogP contribution is 2.27. The molecule has 1 unspecified atom stereocenters. The van der Waals surface area contributed by atoms with Crippen LogP contribution in [-0.4, -0.2) is 24.4 Å². The number of benzene rings is 1. The molecule has 4 heteroatoms. The summed E-state index contributed by atoms with van der Waals surface area (Å²) in [5.41, 5.74) is 1.83. The van der Waals surface area contributed by atoms with E-state index in [1.807, 2.05) is 19.1 Å². The summed E-state index contributed by atoms with van der Waals surface area (Å²) in [7, 11) is 0. The highest BCUT2D eigenvalue weighted by atomic mass is 16.5. The van der Waals surface area contributed by atoms with Crippen molar-refractivity contribution >= 4 is 17.4 Å². The van der Waals surface area contributed by atoms with Gasteiger partial charge in [-0.25, -0.2) is 4.79 Å². The van der Waals surface area contributed by atoms with Crippen molar-refractivity contribution in [1.82, 2.24) is 0 Å². The second-order valence-corrected chi connectivity index (χ2v) is 4.09. The molecule has 0 saturated carbocycles. The SMILES string of the molecule is CCOC(=O)/C=C1/C(=O)c2ccccc2NC1C. The number of Topliss-reactive ketones (excluding diaryl/α,β-unsaturated/α-hetero) is 1. The van der Waals surface area contributed by atoms with Gasteiger partial charge >= 0.3 is 5.97 Å². The van der Waals surface area contributed by atoms with E-state index in [4.69, 9.17) is 4.74 Å². The first-order valence-corrected chi connectivity index (χ1v) is 5.92. The highest BCUT2D eigenvalue weighted by Gasteiger charge is 2.27. The zero-order valence-corrected chi connectivity index (χ0v) is 10.4. The highest BCUT2D eigenvalue weighted by molar-refractivity contribution is 6.16. The van der Waals surface area contributed by atoms with Gasteiger partial charge in [0.25, 0.3) is 0 Å². The molecule has 0 fully saturated rings. The van der Waals surface area contributed by atoms with E-state index in [9.17, 15) is 9.59 Å². The maximum absolute atomic E-state index is 12.3. The van der Waals surface area contributed by atoms with Crippen molar-refractivity contribution in [3.63, 3.8) is 0 Å². The Balaban J connectivity index is 2.35. The molecule has 94 valence electrons. The zero-order chi connectivity index (χ0) is 13.1. The molecule has 0 amide bonds. The number of rotatable bonds is 2. The Morgan fingerprint density at radius 3 is 2.89 bits per heavy atom. The van der Waals surface area contributed by atoms with Gasteiger partial charge in [-0.3, -0.25) is 4.79 Å². The third-order valence-corrected chi connectivity index (χ3v) is 2.83. The van der Waals surface area contributed by atoms with E-state index in [-0.39, 0.29) is 11.8 Å². The van der Waals surface area contributed by atoms with Gasteiger partial charge in [-0.15, -0.1) is 0 Å². The van der Waals surface area contributed by atoms with Crippen LogP contribution in [0.5, 0.6) is 0 Å². The summed E-state index contributed by atoms with van der Waals surface area (Å²) in [6.07, 6.45) is 1.28. The lowest BCUT2D eigenvalue weighted by molar-refractivity contribution is -0.137. The summed E-state index contributed by atoms with van der Waals surface area (Å²) in [5, 5.41) is 3.19. The number of nitrogens with one attached hydrogen (secondary N) is 1. The fourth-order valence-corrected chi connectivity index (χ4v) is 1.97. The second-order valence-electron chi connectivity index (χ2n) is 4.09. The Labute approximate surface area is 106 Å². The van der Waals surface area contributed by atoms with Crippen LogP contribution >= 0.6 is 0 Å². The van der Waals surface area contributed by atoms with Gasteiger partial charge in [0.1, 0.15) is 0 Å². The number of ketones is 1. The molecule has 0 spiro atoms. The fourth-order valence-electron chi connectivity index (χ4n) is 1.97. The lowest BCUT2D eigenvalue weighted by Gasteiger charge is -2.25. The topological polar surface area (TPSA) is 55.4 Å². The van der Waals surface area contributed by atoms with Gasteiger partial charge in [0, 0.05) is 22.9 Å². The summed E-state index contributed by atoms with van der Waals surface area (Å²) in [5.74, 6) is -0.598. The molecule has 2 rings (SSSR count). The average molecular weight is 245 g/mol. The molecule has 1 aliphatic rings. The fraction of sp³-hybridized carbons (Fsp3) is 0.286. The van der Waals surface area contributed by atoms with Crippen LogP contribution in [0.1, 0.15) is 24.2 Å². The number of fused-ring (bicyclic) bond motifs is 1. The Hall–Kier alpha value is -2.10. The molecule has 1 heterocycles. The van der Waals surface area contributed by atoms with Crippen LogP contribution in [-0.2, 0) is 9.53 Å². The Morgan fingerprint density at radius 1 is 1.44 bits per heavy atom. The van der Waals surface area contributed by atoms with Crippen LogP contribution in [0.3, 0.4) is 0 Å². The molecule has 0 saturated heterocycles. The van der Waals surface area contributed by atoms with Crippen molar-refractivity contribution in [2.45, 2.75) is 19.9 Å². The van der Waals surface area contributed by atoms with E-state index < -0.39 is 5.97 Å². The van der Waals surface area contributed by atoms with E-state index in [2.05, 4.69) is 5.32 Å². The predicted octanol–water partition coefficient (Wildman–Crippen LogP) is 2.17. The van der Waals surface area contributed by atoms with Gasteiger partial charge in [0.15, 0.2) is 5.78 Å². The van der Waals surface area contributed by atoms with Gasteiger partial charge in [0.2, 0.25) is 0 Å². The van der Waals surface area contributed by atoms with Gasteiger partial charge in [-0.2, -0.15) is 0 Å². The number of hydrogen-bond donors (Lipinski definition) is 1. The molecule has 4 nitrogen and oxygen atoms in total. The monoisotopic (exact) mass is 245 g/mol. The Bertz CT molecular complexity index is 520.